The number of hydrogen-bond donors (Lipinski definition) is 1. The molecule has 2 saturated heterocycles. The van der Waals surface area contributed by atoms with Gasteiger partial charge in [0.2, 0.25) is 17.6 Å². The van der Waals surface area contributed by atoms with Gasteiger partial charge >= 0.3 is 0 Å². The normalized spacial score (nSPS) is 26.4. The molecule has 1 N–H and O–H groups in total. The van der Waals surface area contributed by atoms with Gasteiger partial charge in [-0.25, -0.2) is 0 Å². The fraction of sp³-hybridized carbons (Fsp3) is 0.360. The number of hydrogen-bond acceptors (Lipinski definition) is 7. The van der Waals surface area contributed by atoms with Gasteiger partial charge in [-0.2, -0.15) is 0 Å². The minimum atomic E-state index is -0.820. The molecule has 4 atom stereocenters. The van der Waals surface area contributed by atoms with Crippen molar-refractivity contribution in [3.63, 3.8) is 0 Å². The van der Waals surface area contributed by atoms with E-state index in [9.17, 15) is 9.59 Å². The van der Waals surface area contributed by atoms with Crippen molar-refractivity contribution < 1.29 is 33.3 Å². The van der Waals surface area contributed by atoms with Crippen molar-refractivity contribution in [2.75, 3.05) is 45.2 Å². The van der Waals surface area contributed by atoms with Crippen LogP contribution in [-0.2, 0) is 14.3 Å². The smallest absolute Gasteiger partial charge is 0.234 e. The molecule has 3 aliphatic rings. The zero-order valence-corrected chi connectivity index (χ0v) is 19.4. The van der Waals surface area contributed by atoms with Crippen LogP contribution in [0.3, 0.4) is 0 Å². The molecule has 2 amide bonds. The Labute approximate surface area is 197 Å². The van der Waals surface area contributed by atoms with Gasteiger partial charge in [0.05, 0.1) is 52.9 Å². The predicted octanol–water partition coefficient (Wildman–Crippen LogP) is 2.65. The number of ether oxygens (including phenoxy) is 5. The number of anilines is 2. The Morgan fingerprint density at radius 3 is 2.29 bits per heavy atom. The number of carbonyl (C=O) groups is 2. The van der Waals surface area contributed by atoms with Crippen LogP contribution in [0, 0.1) is 11.8 Å². The highest BCUT2D eigenvalue weighted by Gasteiger charge is 2.67. The first kappa shape index (κ1) is 22.1. The Bertz CT molecular complexity index is 1140. The van der Waals surface area contributed by atoms with E-state index in [0.717, 1.165) is 5.69 Å². The molecule has 0 radical (unpaired) electrons. The van der Waals surface area contributed by atoms with E-state index in [-0.39, 0.29) is 11.8 Å². The van der Waals surface area contributed by atoms with Crippen LogP contribution in [0.2, 0.25) is 0 Å². The minimum Gasteiger partial charge on any atom is -0.497 e. The first-order valence-corrected chi connectivity index (χ1v) is 10.9. The van der Waals surface area contributed by atoms with Gasteiger partial charge in [-0.05, 0) is 24.3 Å². The molecule has 0 aromatic heterocycles. The second-order valence-electron chi connectivity index (χ2n) is 8.43. The molecule has 34 heavy (non-hydrogen) atoms. The average molecular weight is 466 g/mol. The molecule has 2 aromatic carbocycles. The first-order chi connectivity index (χ1) is 16.4. The summed E-state index contributed by atoms with van der Waals surface area (Å²) in [6.45, 7) is 0.351. The van der Waals surface area contributed by atoms with E-state index in [1.54, 1.807) is 36.3 Å². The van der Waals surface area contributed by atoms with Crippen LogP contribution in [0.4, 0.5) is 11.4 Å². The Morgan fingerprint density at radius 2 is 1.71 bits per heavy atom. The van der Waals surface area contributed by atoms with Gasteiger partial charge in [0.1, 0.15) is 11.4 Å². The van der Waals surface area contributed by atoms with Gasteiger partial charge < -0.3 is 33.9 Å². The van der Waals surface area contributed by atoms with E-state index >= 15 is 0 Å². The van der Waals surface area contributed by atoms with Crippen molar-refractivity contribution >= 4 is 23.2 Å². The number of amides is 2. The Morgan fingerprint density at radius 1 is 1.03 bits per heavy atom. The van der Waals surface area contributed by atoms with E-state index in [2.05, 4.69) is 5.32 Å². The van der Waals surface area contributed by atoms with Crippen LogP contribution in [0.1, 0.15) is 0 Å². The predicted molar refractivity (Wildman–Crippen MR) is 124 cm³/mol. The van der Waals surface area contributed by atoms with Crippen molar-refractivity contribution in [2.24, 2.45) is 11.8 Å². The number of nitrogens with zero attached hydrogens (tertiary/aromatic N) is 1. The van der Waals surface area contributed by atoms with Crippen molar-refractivity contribution in [2.45, 2.75) is 11.7 Å². The fourth-order valence-electron chi connectivity index (χ4n) is 5.16. The molecular weight excluding hydrogens is 440 g/mol. The molecule has 2 bridgehead atoms. The molecule has 9 nitrogen and oxygen atoms in total. The van der Waals surface area contributed by atoms with Gasteiger partial charge in [0.15, 0.2) is 11.5 Å². The summed E-state index contributed by atoms with van der Waals surface area (Å²) >= 11 is 0. The van der Waals surface area contributed by atoms with E-state index in [1.165, 1.54) is 21.3 Å². The Kier molecular flexibility index (Phi) is 5.36. The lowest BCUT2D eigenvalue weighted by molar-refractivity contribution is -0.128. The van der Waals surface area contributed by atoms with Gasteiger partial charge in [-0.1, -0.05) is 12.2 Å². The Hall–Kier alpha value is -3.72. The van der Waals surface area contributed by atoms with E-state index in [4.69, 9.17) is 23.7 Å². The van der Waals surface area contributed by atoms with E-state index in [1.807, 2.05) is 24.3 Å². The third-order valence-electron chi connectivity index (χ3n) is 6.72. The van der Waals surface area contributed by atoms with Crippen LogP contribution in [0.25, 0.3) is 0 Å². The summed E-state index contributed by atoms with van der Waals surface area (Å²) in [5.74, 6) is 0.234. The molecule has 9 heteroatoms. The average Bonchev–Trinajstić information content (AvgIpc) is 3.51. The molecule has 0 saturated carbocycles. The van der Waals surface area contributed by atoms with Gasteiger partial charge in [0, 0.05) is 23.5 Å². The molecule has 0 unspecified atom stereocenters. The zero-order valence-electron chi connectivity index (χ0n) is 19.4. The summed E-state index contributed by atoms with van der Waals surface area (Å²) in [6, 6.07) is 10.6. The molecule has 3 heterocycles. The van der Waals surface area contributed by atoms with Crippen LogP contribution in [0.5, 0.6) is 23.0 Å². The number of carbonyl (C=O) groups excluding carboxylic acids is 2. The van der Waals surface area contributed by atoms with Gasteiger partial charge in [-0.3, -0.25) is 9.59 Å². The molecule has 2 fully saturated rings. The molecule has 2 aromatic rings. The number of methoxy groups -OCH3 is 4. The van der Waals surface area contributed by atoms with Crippen LogP contribution < -0.4 is 29.2 Å². The van der Waals surface area contributed by atoms with Gasteiger partial charge in [-0.15, -0.1) is 0 Å². The molecule has 178 valence electrons. The maximum Gasteiger partial charge on any atom is 0.234 e. The number of nitrogens with one attached hydrogen (secondary N) is 1. The zero-order chi connectivity index (χ0) is 24.0. The van der Waals surface area contributed by atoms with Crippen molar-refractivity contribution in [1.82, 2.24) is 0 Å². The van der Waals surface area contributed by atoms with Crippen LogP contribution in [0.15, 0.2) is 48.6 Å². The summed E-state index contributed by atoms with van der Waals surface area (Å²) in [5.41, 5.74) is 0.385. The number of rotatable bonds is 7. The largest absolute Gasteiger partial charge is 0.497 e. The van der Waals surface area contributed by atoms with Crippen molar-refractivity contribution in [3.8, 4) is 23.0 Å². The quantitative estimate of drug-likeness (QED) is 0.627. The monoisotopic (exact) mass is 466 g/mol. The third kappa shape index (κ3) is 3.27. The van der Waals surface area contributed by atoms with Gasteiger partial charge in [0.25, 0.3) is 0 Å². The van der Waals surface area contributed by atoms with Crippen molar-refractivity contribution in [1.29, 1.82) is 0 Å². The molecule has 5 rings (SSSR count). The second-order valence-corrected chi connectivity index (χ2v) is 8.43. The molecule has 1 spiro atoms. The summed E-state index contributed by atoms with van der Waals surface area (Å²) in [7, 11) is 6.11. The second kappa shape index (κ2) is 8.25. The number of fused-ring (bicyclic) bond motifs is 1. The highest BCUT2D eigenvalue weighted by atomic mass is 16.5. The lowest BCUT2D eigenvalue weighted by Gasteiger charge is -2.24. The summed E-state index contributed by atoms with van der Waals surface area (Å²) < 4.78 is 27.5. The molecular formula is C25H26N2O7. The summed E-state index contributed by atoms with van der Waals surface area (Å²) in [5, 5.41) is 2.91. The van der Waals surface area contributed by atoms with Crippen molar-refractivity contribution in [3.05, 3.63) is 48.6 Å². The van der Waals surface area contributed by atoms with Crippen LogP contribution in [-0.4, -0.2) is 58.5 Å². The SMILES string of the molecule is COc1ccc(N2C[C@@]34C=C[C@@H](O3)[C@H](C(=O)Nc3cc(OC)c(OC)c(OC)c3)[C@H]4C2=O)cc1. The lowest BCUT2D eigenvalue weighted by atomic mass is 9.77. The molecule has 3 aliphatic heterocycles. The standard InChI is InChI=1S/C25H26N2O7/c1-30-16-7-5-15(6-8-16)27-13-25-10-9-17(34-25)20(21(25)24(27)29)23(28)26-14-11-18(31-2)22(33-4)19(12-14)32-3/h5-12,17,20-21H,13H2,1-4H3,(H,26,28)/t17-,20+,21+,25-/m1/s1. The molecule has 0 aliphatic carbocycles. The first-order valence-electron chi connectivity index (χ1n) is 10.9. The Balaban J connectivity index is 1.41. The summed E-state index contributed by atoms with van der Waals surface area (Å²) in [6.07, 6.45) is 3.34. The lowest BCUT2D eigenvalue weighted by Crippen LogP contribution is -2.41. The highest BCUT2D eigenvalue weighted by molar-refractivity contribution is 6.05. The fourth-order valence-corrected chi connectivity index (χ4v) is 5.16. The summed E-state index contributed by atoms with van der Waals surface area (Å²) in [4.78, 5) is 28.6. The maximum absolute atomic E-state index is 13.5. The minimum absolute atomic E-state index is 0.137. The van der Waals surface area contributed by atoms with Crippen LogP contribution >= 0.6 is 0 Å². The third-order valence-corrected chi connectivity index (χ3v) is 6.72. The highest BCUT2D eigenvalue weighted by Crippen LogP contribution is 2.53. The van der Waals surface area contributed by atoms with E-state index in [0.29, 0.717) is 35.2 Å². The van der Waals surface area contributed by atoms with E-state index < -0.39 is 23.5 Å². The topological polar surface area (TPSA) is 95.6 Å². The number of benzene rings is 2. The maximum atomic E-state index is 13.5.